The predicted molar refractivity (Wildman–Crippen MR) is 128 cm³/mol. The zero-order valence-electron chi connectivity index (χ0n) is 19.9. The molecule has 5 nitrogen and oxygen atoms in total. The van der Waals surface area contributed by atoms with E-state index in [-0.39, 0.29) is 0 Å². The van der Waals surface area contributed by atoms with E-state index in [1.807, 2.05) is 11.9 Å². The van der Waals surface area contributed by atoms with Crippen molar-refractivity contribution in [2.75, 3.05) is 40.3 Å². The number of hydrogen-bond acceptors (Lipinski definition) is 3. The van der Waals surface area contributed by atoms with Gasteiger partial charge in [0, 0.05) is 49.2 Å². The number of carbonyl (C=O) groups excluding carboxylic acids is 1. The Morgan fingerprint density at radius 2 is 1.94 bits per heavy atom. The second-order valence-corrected chi connectivity index (χ2v) is 10.0. The zero-order chi connectivity index (χ0) is 22.0. The molecular formula is C26H40N4O. The van der Waals surface area contributed by atoms with Crippen LogP contribution in [-0.2, 0) is 11.3 Å². The summed E-state index contributed by atoms with van der Waals surface area (Å²) in [7, 11) is 4.19. The van der Waals surface area contributed by atoms with Gasteiger partial charge in [0.2, 0.25) is 5.91 Å². The van der Waals surface area contributed by atoms with Crippen LogP contribution in [0.25, 0.3) is 10.9 Å². The third-order valence-corrected chi connectivity index (χ3v) is 7.79. The Morgan fingerprint density at radius 1 is 1.16 bits per heavy atom. The third-order valence-electron chi connectivity index (χ3n) is 7.79. The van der Waals surface area contributed by atoms with Crippen molar-refractivity contribution in [2.24, 2.45) is 5.92 Å². The van der Waals surface area contributed by atoms with Crippen molar-refractivity contribution in [2.45, 2.75) is 65.0 Å². The molecule has 1 amide bonds. The zero-order valence-corrected chi connectivity index (χ0v) is 19.9. The molecule has 1 atom stereocenters. The summed E-state index contributed by atoms with van der Waals surface area (Å²) in [5.74, 6) is 0.976. The molecule has 3 heterocycles. The van der Waals surface area contributed by atoms with Crippen molar-refractivity contribution in [3.8, 4) is 0 Å². The molecule has 0 spiro atoms. The van der Waals surface area contributed by atoms with Crippen LogP contribution in [0.4, 0.5) is 0 Å². The summed E-state index contributed by atoms with van der Waals surface area (Å²) in [5, 5.41) is 1.35. The molecule has 2 aliphatic rings. The van der Waals surface area contributed by atoms with Gasteiger partial charge >= 0.3 is 0 Å². The molecule has 2 saturated heterocycles. The number of nitrogens with zero attached hydrogens (tertiary/aromatic N) is 3. The fourth-order valence-electron chi connectivity index (χ4n) is 5.56. The molecule has 1 aromatic heterocycles. The molecule has 2 fully saturated rings. The molecule has 0 saturated carbocycles. The summed E-state index contributed by atoms with van der Waals surface area (Å²) >= 11 is 0. The topological polar surface area (TPSA) is 42.6 Å². The van der Waals surface area contributed by atoms with E-state index in [2.05, 4.69) is 53.9 Å². The van der Waals surface area contributed by atoms with Gasteiger partial charge in [-0.25, -0.2) is 0 Å². The number of nitrogens with one attached hydrogen (secondary N) is 1. The third kappa shape index (κ3) is 5.15. The number of amides is 1. The molecule has 170 valence electrons. The van der Waals surface area contributed by atoms with Gasteiger partial charge in [-0.3, -0.25) is 9.69 Å². The number of benzene rings is 1. The van der Waals surface area contributed by atoms with E-state index >= 15 is 0 Å². The first-order chi connectivity index (χ1) is 14.9. The van der Waals surface area contributed by atoms with E-state index in [4.69, 9.17) is 0 Å². The van der Waals surface area contributed by atoms with Gasteiger partial charge in [0.05, 0.1) is 0 Å². The van der Waals surface area contributed by atoms with Gasteiger partial charge in [-0.15, -0.1) is 0 Å². The molecule has 5 heteroatoms. The average Bonchev–Trinajstić information content (AvgIpc) is 3.09. The number of carbonyl (C=O) groups is 1. The smallest absolute Gasteiger partial charge is 0.222 e. The highest BCUT2D eigenvalue weighted by molar-refractivity contribution is 5.86. The molecule has 0 aliphatic carbocycles. The minimum absolute atomic E-state index is 0.341. The molecule has 1 N–H and O–H groups in total. The van der Waals surface area contributed by atoms with Crippen molar-refractivity contribution >= 4 is 16.8 Å². The average molecular weight is 425 g/mol. The van der Waals surface area contributed by atoms with Gasteiger partial charge in [-0.2, -0.15) is 0 Å². The lowest BCUT2D eigenvalue weighted by atomic mass is 9.92. The number of H-pyrrole nitrogens is 1. The van der Waals surface area contributed by atoms with Crippen LogP contribution in [0, 0.1) is 19.8 Å². The summed E-state index contributed by atoms with van der Waals surface area (Å²) < 4.78 is 0. The van der Waals surface area contributed by atoms with Gasteiger partial charge in [-0.05, 0) is 89.7 Å². The predicted octanol–water partition coefficient (Wildman–Crippen LogP) is 4.33. The Hall–Kier alpha value is -1.85. The van der Waals surface area contributed by atoms with Gasteiger partial charge < -0.3 is 14.8 Å². The summed E-state index contributed by atoms with van der Waals surface area (Å²) in [6, 6.07) is 6.99. The van der Waals surface area contributed by atoms with Crippen LogP contribution in [0.2, 0.25) is 0 Å². The first kappa shape index (κ1) is 22.3. The highest BCUT2D eigenvalue weighted by atomic mass is 16.2. The monoisotopic (exact) mass is 424 g/mol. The van der Waals surface area contributed by atoms with E-state index in [0.29, 0.717) is 24.3 Å². The van der Waals surface area contributed by atoms with Crippen molar-refractivity contribution < 1.29 is 4.79 Å². The Kier molecular flexibility index (Phi) is 7.02. The molecule has 1 aromatic carbocycles. The quantitative estimate of drug-likeness (QED) is 0.751. The van der Waals surface area contributed by atoms with Crippen molar-refractivity contribution in [1.82, 2.24) is 19.7 Å². The van der Waals surface area contributed by atoms with Crippen LogP contribution in [0.3, 0.4) is 0 Å². The minimum atomic E-state index is 0.341. The second-order valence-electron chi connectivity index (χ2n) is 10.0. The van der Waals surface area contributed by atoms with Crippen molar-refractivity contribution in [1.29, 1.82) is 0 Å². The highest BCUT2D eigenvalue weighted by Gasteiger charge is 2.26. The van der Waals surface area contributed by atoms with Crippen molar-refractivity contribution in [3.05, 3.63) is 35.0 Å². The van der Waals surface area contributed by atoms with Gasteiger partial charge in [0.25, 0.3) is 0 Å². The largest absolute Gasteiger partial charge is 0.357 e. The molecule has 31 heavy (non-hydrogen) atoms. The summed E-state index contributed by atoms with van der Waals surface area (Å²) in [6.45, 7) is 9.89. The number of para-hydroxylation sites is 1. The van der Waals surface area contributed by atoms with Crippen LogP contribution in [0.15, 0.2) is 18.2 Å². The van der Waals surface area contributed by atoms with Crippen LogP contribution in [0.5, 0.6) is 0 Å². The molecule has 4 rings (SSSR count). The van der Waals surface area contributed by atoms with Crippen LogP contribution < -0.4 is 0 Å². The van der Waals surface area contributed by atoms with Gasteiger partial charge in [0.1, 0.15) is 0 Å². The number of aryl methyl sites for hydroxylation is 2. The fourth-order valence-corrected chi connectivity index (χ4v) is 5.56. The first-order valence-electron chi connectivity index (χ1n) is 12.2. The van der Waals surface area contributed by atoms with Gasteiger partial charge in [0.15, 0.2) is 0 Å². The van der Waals surface area contributed by atoms with E-state index in [1.165, 1.54) is 40.6 Å². The van der Waals surface area contributed by atoms with E-state index < -0.39 is 0 Å². The summed E-state index contributed by atoms with van der Waals surface area (Å²) in [5.41, 5.74) is 5.33. The number of likely N-dealkylation sites (tertiary alicyclic amines) is 2. The summed E-state index contributed by atoms with van der Waals surface area (Å²) in [6.07, 6.45) is 6.44. The lowest BCUT2D eigenvalue weighted by Crippen LogP contribution is -2.44. The molecule has 2 aromatic rings. The lowest BCUT2D eigenvalue weighted by molar-refractivity contribution is -0.133. The van der Waals surface area contributed by atoms with E-state index in [1.54, 1.807) is 0 Å². The molecule has 1 unspecified atom stereocenters. The SMILES string of the molecule is Cc1c(CN2CCCC(CCC(=O)N(C)C3CCN(C)CC3)C2)[nH]c2c(C)cccc12. The normalized spacial score (nSPS) is 21.6. The number of piperidine rings is 2. The minimum Gasteiger partial charge on any atom is -0.357 e. The van der Waals surface area contributed by atoms with Crippen LogP contribution in [0.1, 0.15) is 55.3 Å². The highest BCUT2D eigenvalue weighted by Crippen LogP contribution is 2.28. The summed E-state index contributed by atoms with van der Waals surface area (Å²) in [4.78, 5) is 23.5. The lowest BCUT2D eigenvalue weighted by Gasteiger charge is -2.36. The first-order valence-corrected chi connectivity index (χ1v) is 12.2. The fraction of sp³-hybridized carbons (Fsp3) is 0.654. The number of hydrogen-bond donors (Lipinski definition) is 1. The Balaban J connectivity index is 1.29. The Bertz CT molecular complexity index is 896. The number of fused-ring (bicyclic) bond motifs is 1. The molecular weight excluding hydrogens is 384 g/mol. The molecule has 0 bridgehead atoms. The van der Waals surface area contributed by atoms with Crippen LogP contribution >= 0.6 is 0 Å². The maximum absolute atomic E-state index is 12.8. The Morgan fingerprint density at radius 3 is 2.68 bits per heavy atom. The Labute approximate surface area is 187 Å². The van der Waals surface area contributed by atoms with Crippen molar-refractivity contribution in [3.63, 3.8) is 0 Å². The number of rotatable bonds is 6. The van der Waals surface area contributed by atoms with Crippen LogP contribution in [-0.4, -0.2) is 71.9 Å². The van der Waals surface area contributed by atoms with E-state index in [0.717, 1.165) is 52.0 Å². The molecule has 2 aliphatic heterocycles. The van der Waals surface area contributed by atoms with Gasteiger partial charge in [-0.1, -0.05) is 18.2 Å². The second kappa shape index (κ2) is 9.74. The maximum atomic E-state index is 12.8. The number of aromatic amines is 1. The number of aromatic nitrogens is 1. The molecule has 0 radical (unpaired) electrons. The maximum Gasteiger partial charge on any atom is 0.222 e. The standard InChI is InChI=1S/C26H40N4O/c1-19-7-5-9-23-20(2)24(27-26(19)23)18-30-14-6-8-21(17-30)10-11-25(31)29(4)22-12-15-28(3)16-13-22/h5,7,9,21-22,27H,6,8,10-18H2,1-4H3. The van der Waals surface area contributed by atoms with E-state index in [9.17, 15) is 4.79 Å².